The van der Waals surface area contributed by atoms with Gasteiger partial charge in [-0.25, -0.2) is 23.0 Å². The van der Waals surface area contributed by atoms with E-state index < -0.39 is 22.3 Å². The van der Waals surface area contributed by atoms with Crippen LogP contribution >= 0.6 is 0 Å². The zero-order chi connectivity index (χ0) is 29.9. The molecule has 42 heavy (non-hydrogen) atoms. The summed E-state index contributed by atoms with van der Waals surface area (Å²) in [6.45, 7) is 6.05. The maximum atomic E-state index is 13.2. The van der Waals surface area contributed by atoms with Crippen LogP contribution in [-0.4, -0.2) is 34.2 Å². The number of nitrogens with one attached hydrogen (secondary N) is 4. The zero-order valence-electron chi connectivity index (χ0n) is 23.3. The topological polar surface area (TPSA) is 139 Å². The third-order valence-electron chi connectivity index (χ3n) is 6.49. The second-order valence-electron chi connectivity index (χ2n) is 10.6. The summed E-state index contributed by atoms with van der Waals surface area (Å²) < 4.78 is 29.3. The highest BCUT2D eigenvalue weighted by atomic mass is 32.2. The average Bonchev–Trinajstić information content (AvgIpc) is 3.64. The van der Waals surface area contributed by atoms with E-state index in [1.165, 1.54) is 24.5 Å². The van der Waals surface area contributed by atoms with Crippen molar-refractivity contribution in [3.63, 3.8) is 0 Å². The molecule has 0 atom stereocenters. The molecule has 0 aliphatic rings. The number of hydrogen-bond donors (Lipinski definition) is 4. The van der Waals surface area contributed by atoms with E-state index in [9.17, 15) is 18.0 Å². The number of nitrogens with zero attached hydrogens (tertiary/aromatic N) is 3. The summed E-state index contributed by atoms with van der Waals surface area (Å²) in [7, 11) is -4.07. The molecule has 12 heteroatoms. The number of urea groups is 2. The van der Waals surface area contributed by atoms with Crippen LogP contribution in [0.4, 0.5) is 21.1 Å². The van der Waals surface area contributed by atoms with Gasteiger partial charge in [0.05, 0.1) is 17.1 Å². The molecule has 11 nitrogen and oxygen atoms in total. The molecular weight excluding hydrogens is 554 g/mol. The van der Waals surface area contributed by atoms with Gasteiger partial charge < -0.3 is 10.6 Å². The van der Waals surface area contributed by atoms with Gasteiger partial charge in [-0.05, 0) is 35.2 Å². The minimum absolute atomic E-state index is 0.00441. The first-order valence-corrected chi connectivity index (χ1v) is 14.6. The van der Waals surface area contributed by atoms with Crippen LogP contribution in [0.5, 0.6) is 0 Å². The van der Waals surface area contributed by atoms with Gasteiger partial charge in [0.15, 0.2) is 0 Å². The van der Waals surface area contributed by atoms with Gasteiger partial charge in [0.25, 0.3) is 0 Å². The number of carbonyl (C=O) groups is 2. The molecular formula is C30H31N7O4S. The lowest BCUT2D eigenvalue weighted by molar-refractivity contribution is 0.245. The maximum Gasteiger partial charge on any atom is 0.330 e. The summed E-state index contributed by atoms with van der Waals surface area (Å²) in [5, 5.41) is 15.1. The molecule has 0 unspecified atom stereocenters. The molecule has 216 valence electrons. The third kappa shape index (κ3) is 6.28. The van der Waals surface area contributed by atoms with Crippen LogP contribution in [0.2, 0.25) is 0 Å². The Hall–Kier alpha value is -5.10. The van der Waals surface area contributed by atoms with Crippen LogP contribution in [0.1, 0.15) is 32.0 Å². The van der Waals surface area contributed by atoms with Crippen molar-refractivity contribution in [3.05, 3.63) is 109 Å². The van der Waals surface area contributed by atoms with E-state index in [0.29, 0.717) is 22.8 Å². The predicted molar refractivity (Wildman–Crippen MR) is 163 cm³/mol. The smallest absolute Gasteiger partial charge is 0.330 e. The molecule has 3 aromatic carbocycles. The first-order chi connectivity index (χ1) is 20.0. The Balaban J connectivity index is 1.39. The van der Waals surface area contributed by atoms with Gasteiger partial charge in [-0.3, -0.25) is 5.32 Å². The van der Waals surface area contributed by atoms with Crippen molar-refractivity contribution in [1.82, 2.24) is 23.8 Å². The van der Waals surface area contributed by atoms with E-state index in [1.807, 2.05) is 80.1 Å². The van der Waals surface area contributed by atoms with Crippen molar-refractivity contribution in [1.29, 1.82) is 0 Å². The van der Waals surface area contributed by atoms with Gasteiger partial charge in [-0.2, -0.15) is 13.5 Å². The Morgan fingerprint density at radius 2 is 1.52 bits per heavy atom. The minimum Gasteiger partial charge on any atom is -0.333 e. The van der Waals surface area contributed by atoms with Gasteiger partial charge >= 0.3 is 22.3 Å². The van der Waals surface area contributed by atoms with Gasteiger partial charge in [0.1, 0.15) is 5.82 Å². The van der Waals surface area contributed by atoms with E-state index >= 15 is 0 Å². The number of carbonyl (C=O) groups excluding carboxylic acids is 2. The summed E-state index contributed by atoms with van der Waals surface area (Å²) in [5.41, 5.74) is 2.32. The Morgan fingerprint density at radius 3 is 2.29 bits per heavy atom. The highest BCUT2D eigenvalue weighted by Gasteiger charge is 2.23. The minimum atomic E-state index is -4.07. The fraction of sp³-hybridized carbons (Fsp3) is 0.167. The van der Waals surface area contributed by atoms with Crippen LogP contribution in [-0.2, 0) is 22.2 Å². The molecule has 5 rings (SSSR count). The van der Waals surface area contributed by atoms with Crippen molar-refractivity contribution in [3.8, 4) is 5.69 Å². The molecule has 0 bridgehead atoms. The lowest BCUT2D eigenvalue weighted by Crippen LogP contribution is -2.41. The van der Waals surface area contributed by atoms with Crippen molar-refractivity contribution in [2.24, 2.45) is 0 Å². The monoisotopic (exact) mass is 585 g/mol. The summed E-state index contributed by atoms with van der Waals surface area (Å²) in [6, 6.07) is 24.2. The van der Waals surface area contributed by atoms with E-state index in [0.717, 1.165) is 20.4 Å². The van der Waals surface area contributed by atoms with Crippen LogP contribution in [0, 0.1) is 0 Å². The Morgan fingerprint density at radius 1 is 0.833 bits per heavy atom. The highest BCUT2D eigenvalue weighted by Crippen LogP contribution is 2.28. The molecule has 0 radical (unpaired) electrons. The molecule has 0 fully saturated rings. The van der Waals surface area contributed by atoms with Crippen molar-refractivity contribution < 1.29 is 18.0 Å². The molecule has 0 spiro atoms. The second kappa shape index (κ2) is 11.4. The number of amides is 4. The van der Waals surface area contributed by atoms with Crippen LogP contribution in [0.15, 0.2) is 97.3 Å². The first-order valence-electron chi connectivity index (χ1n) is 13.2. The van der Waals surface area contributed by atoms with Crippen LogP contribution in [0.3, 0.4) is 0 Å². The van der Waals surface area contributed by atoms with Gasteiger partial charge in [0, 0.05) is 35.8 Å². The predicted octanol–water partition coefficient (Wildman–Crippen LogP) is 5.36. The van der Waals surface area contributed by atoms with Crippen molar-refractivity contribution >= 4 is 44.5 Å². The van der Waals surface area contributed by atoms with E-state index in [1.54, 1.807) is 22.9 Å². The lowest BCUT2D eigenvalue weighted by Gasteiger charge is -2.16. The van der Waals surface area contributed by atoms with Crippen LogP contribution in [0.25, 0.3) is 16.5 Å². The number of fused-ring (bicyclic) bond motifs is 1. The standard InChI is InChI=1S/C30H31N7O4S/c1-30(2,3)26-19-27(33-29(39)32-24-15-10-13-21-11-4-6-14-23(21)24)37(34-26)25-16-7-5-12-22(25)20-31-28(38)35-42(40,41)36-17-8-9-18-36/h4-19H,20H2,1-3H3,(H2,31,35,38)(H2,32,33,39). The Bertz CT molecular complexity index is 1850. The van der Waals surface area contributed by atoms with E-state index in [4.69, 9.17) is 5.10 Å². The highest BCUT2D eigenvalue weighted by molar-refractivity contribution is 7.88. The fourth-order valence-corrected chi connectivity index (χ4v) is 5.22. The number of hydrogen-bond acceptors (Lipinski definition) is 5. The Kier molecular flexibility index (Phi) is 7.72. The number of aromatic nitrogens is 3. The summed E-state index contributed by atoms with van der Waals surface area (Å²) in [4.78, 5) is 25.7. The van der Waals surface area contributed by atoms with Crippen molar-refractivity contribution in [2.75, 3.05) is 10.6 Å². The fourth-order valence-electron chi connectivity index (χ4n) is 4.35. The summed E-state index contributed by atoms with van der Waals surface area (Å²) in [5.74, 6) is 0.421. The van der Waals surface area contributed by atoms with Gasteiger partial charge in [-0.1, -0.05) is 75.4 Å². The van der Waals surface area contributed by atoms with Crippen LogP contribution < -0.4 is 20.7 Å². The SMILES string of the molecule is CC(C)(C)c1cc(NC(=O)Nc2cccc3ccccc23)n(-c2ccccc2CNC(=O)NS(=O)(=O)n2cccc2)n1. The third-order valence-corrected chi connectivity index (χ3v) is 7.73. The van der Waals surface area contributed by atoms with E-state index in [-0.39, 0.29) is 12.0 Å². The maximum absolute atomic E-state index is 13.2. The summed E-state index contributed by atoms with van der Waals surface area (Å²) >= 11 is 0. The summed E-state index contributed by atoms with van der Waals surface area (Å²) in [6.07, 6.45) is 2.64. The molecule has 0 aliphatic heterocycles. The molecule has 0 saturated carbocycles. The second-order valence-corrected chi connectivity index (χ2v) is 12.2. The molecule has 0 saturated heterocycles. The molecule has 2 heterocycles. The first kappa shape index (κ1) is 28.4. The number of anilines is 2. The number of para-hydroxylation sites is 1. The average molecular weight is 586 g/mol. The van der Waals surface area contributed by atoms with Gasteiger partial charge in [-0.15, -0.1) is 0 Å². The van der Waals surface area contributed by atoms with Crippen molar-refractivity contribution in [2.45, 2.75) is 32.7 Å². The number of benzene rings is 3. The normalized spacial score (nSPS) is 11.7. The molecule has 2 aromatic heterocycles. The van der Waals surface area contributed by atoms with Gasteiger partial charge in [0.2, 0.25) is 0 Å². The molecule has 0 aliphatic carbocycles. The molecule has 4 N–H and O–H groups in total. The molecule has 4 amide bonds. The zero-order valence-corrected chi connectivity index (χ0v) is 24.1. The largest absolute Gasteiger partial charge is 0.333 e. The number of rotatable bonds is 7. The molecule has 5 aromatic rings. The Labute approximate surface area is 243 Å². The quantitative estimate of drug-likeness (QED) is 0.204. The van der Waals surface area contributed by atoms with E-state index in [2.05, 4.69) is 16.0 Å². The lowest BCUT2D eigenvalue weighted by atomic mass is 9.92.